The molecular formula is C18H12O5S. The molecule has 0 atom stereocenters. The van der Waals surface area contributed by atoms with Crippen molar-refractivity contribution in [2.24, 2.45) is 0 Å². The number of fused-ring (bicyclic) bond motifs is 1. The van der Waals surface area contributed by atoms with Gasteiger partial charge in [0.15, 0.2) is 11.5 Å². The third-order valence-electron chi connectivity index (χ3n) is 3.81. The Morgan fingerprint density at radius 2 is 1.71 bits per heavy atom. The molecule has 3 aromatic rings. The Balaban J connectivity index is 1.69. The van der Waals surface area contributed by atoms with E-state index >= 15 is 0 Å². The van der Waals surface area contributed by atoms with Crippen LogP contribution in [0.2, 0.25) is 0 Å². The summed E-state index contributed by atoms with van der Waals surface area (Å²) in [4.78, 5) is 25.4. The van der Waals surface area contributed by atoms with Gasteiger partial charge in [0.2, 0.25) is 17.7 Å². The smallest absolute Gasteiger partial charge is 0.241 e. The van der Waals surface area contributed by atoms with Crippen molar-refractivity contribution in [3.63, 3.8) is 0 Å². The second-order valence-corrected chi connectivity index (χ2v) is 6.29. The Kier molecular flexibility index (Phi) is 3.54. The van der Waals surface area contributed by atoms with E-state index in [0.29, 0.717) is 27.5 Å². The number of methoxy groups -OCH3 is 1. The van der Waals surface area contributed by atoms with Crippen molar-refractivity contribution in [2.45, 2.75) is 9.79 Å². The van der Waals surface area contributed by atoms with E-state index in [4.69, 9.17) is 14.2 Å². The largest absolute Gasteiger partial charge is 0.497 e. The van der Waals surface area contributed by atoms with Crippen LogP contribution >= 0.6 is 11.8 Å². The lowest BCUT2D eigenvalue weighted by Gasteiger charge is -2.11. The third-order valence-corrected chi connectivity index (χ3v) is 4.91. The van der Waals surface area contributed by atoms with Gasteiger partial charge in [-0.15, -0.1) is 0 Å². The first-order valence-corrected chi connectivity index (χ1v) is 8.04. The minimum Gasteiger partial charge on any atom is -0.497 e. The minimum absolute atomic E-state index is 0.165. The van der Waals surface area contributed by atoms with Crippen LogP contribution in [0, 0.1) is 0 Å². The molecule has 1 heterocycles. The van der Waals surface area contributed by atoms with Crippen LogP contribution in [0.3, 0.4) is 0 Å². The summed E-state index contributed by atoms with van der Waals surface area (Å²) in [5.74, 6) is 1.96. The fraction of sp³-hybridized carbons (Fsp3) is 0.111. The Hall–Kier alpha value is -2.73. The molecular weight excluding hydrogens is 328 g/mol. The van der Waals surface area contributed by atoms with Crippen LogP contribution < -0.4 is 25.1 Å². The van der Waals surface area contributed by atoms with Crippen LogP contribution in [0.15, 0.2) is 61.8 Å². The van der Waals surface area contributed by atoms with Crippen LogP contribution in [0.4, 0.5) is 0 Å². The zero-order valence-electron chi connectivity index (χ0n) is 12.7. The number of hydrogen-bond donors (Lipinski definition) is 0. The first-order valence-electron chi connectivity index (χ1n) is 7.22. The second-order valence-electron chi connectivity index (χ2n) is 5.21. The lowest BCUT2D eigenvalue weighted by Crippen LogP contribution is -2.34. The van der Waals surface area contributed by atoms with Crippen LogP contribution in [0.1, 0.15) is 0 Å². The molecule has 6 heteroatoms. The van der Waals surface area contributed by atoms with Crippen LogP contribution in [0.5, 0.6) is 17.2 Å². The van der Waals surface area contributed by atoms with Crippen molar-refractivity contribution < 1.29 is 14.2 Å². The summed E-state index contributed by atoms with van der Waals surface area (Å²) in [7, 11) is 1.59. The molecule has 3 aromatic carbocycles. The number of hydrogen-bond acceptors (Lipinski definition) is 6. The van der Waals surface area contributed by atoms with Crippen LogP contribution in [-0.4, -0.2) is 13.9 Å². The van der Waals surface area contributed by atoms with Crippen molar-refractivity contribution in [3.05, 3.63) is 62.9 Å². The van der Waals surface area contributed by atoms with Gasteiger partial charge in [0.05, 0.1) is 17.6 Å². The van der Waals surface area contributed by atoms with E-state index < -0.39 is 10.9 Å². The summed E-state index contributed by atoms with van der Waals surface area (Å²) >= 11 is 1.28. The van der Waals surface area contributed by atoms with Gasteiger partial charge in [0, 0.05) is 4.90 Å². The van der Waals surface area contributed by atoms with Crippen molar-refractivity contribution >= 4 is 11.8 Å². The lowest BCUT2D eigenvalue weighted by molar-refractivity contribution is 0.174. The minimum atomic E-state index is -0.468. The molecule has 0 bridgehead atoms. The Bertz CT molecular complexity index is 984. The van der Waals surface area contributed by atoms with Gasteiger partial charge in [-0.2, -0.15) is 0 Å². The van der Waals surface area contributed by atoms with Crippen molar-refractivity contribution in [3.8, 4) is 28.4 Å². The molecule has 0 N–H and O–H groups in total. The van der Waals surface area contributed by atoms with Gasteiger partial charge in [-0.05, 0) is 42.0 Å². The van der Waals surface area contributed by atoms with Gasteiger partial charge in [-0.25, -0.2) is 0 Å². The molecule has 24 heavy (non-hydrogen) atoms. The first-order chi connectivity index (χ1) is 11.7. The highest BCUT2D eigenvalue weighted by molar-refractivity contribution is 7.99. The number of ether oxygens (including phenoxy) is 3. The molecule has 5 nitrogen and oxygen atoms in total. The fourth-order valence-corrected chi connectivity index (χ4v) is 3.55. The topological polar surface area (TPSA) is 61.8 Å². The molecule has 120 valence electrons. The maximum absolute atomic E-state index is 12.1. The van der Waals surface area contributed by atoms with Crippen LogP contribution in [0.25, 0.3) is 11.1 Å². The van der Waals surface area contributed by atoms with E-state index in [-0.39, 0.29) is 6.79 Å². The Morgan fingerprint density at radius 3 is 2.46 bits per heavy atom. The summed E-state index contributed by atoms with van der Waals surface area (Å²) in [5.41, 5.74) is 0.173. The third kappa shape index (κ3) is 2.35. The zero-order chi connectivity index (χ0) is 16.7. The van der Waals surface area contributed by atoms with Gasteiger partial charge in [0.25, 0.3) is 0 Å². The molecule has 0 radical (unpaired) electrons. The standard InChI is InChI=1S/C18H12O5S/c1-21-11-3-5-12(6-4-11)24-18-15(16(19)17(18)20)10-2-7-13-14(8-10)23-9-22-13/h2-8H,9H2,1H3. The number of benzene rings is 2. The zero-order valence-corrected chi connectivity index (χ0v) is 13.5. The monoisotopic (exact) mass is 340 g/mol. The average Bonchev–Trinajstić information content (AvgIpc) is 3.09. The average molecular weight is 340 g/mol. The molecule has 0 spiro atoms. The molecule has 4 rings (SSSR count). The lowest BCUT2D eigenvalue weighted by atomic mass is 10.0. The van der Waals surface area contributed by atoms with E-state index in [1.165, 1.54) is 11.8 Å². The van der Waals surface area contributed by atoms with E-state index in [1.807, 2.05) is 24.3 Å². The second kappa shape index (κ2) is 5.72. The van der Waals surface area contributed by atoms with Gasteiger partial charge in [0.1, 0.15) is 5.75 Å². The van der Waals surface area contributed by atoms with Gasteiger partial charge in [-0.3, -0.25) is 9.59 Å². The van der Waals surface area contributed by atoms with Gasteiger partial charge >= 0.3 is 0 Å². The maximum atomic E-state index is 12.1. The first kappa shape index (κ1) is 14.8. The highest BCUT2D eigenvalue weighted by atomic mass is 32.2. The highest BCUT2D eigenvalue weighted by Crippen LogP contribution is 2.39. The molecule has 0 saturated heterocycles. The van der Waals surface area contributed by atoms with Gasteiger partial charge < -0.3 is 14.2 Å². The molecule has 0 saturated carbocycles. The van der Waals surface area contributed by atoms with Crippen molar-refractivity contribution in [1.82, 2.24) is 0 Å². The predicted molar refractivity (Wildman–Crippen MR) is 90.0 cm³/mol. The summed E-state index contributed by atoms with van der Waals surface area (Å²) in [6.45, 7) is 0.165. The molecule has 0 amide bonds. The normalized spacial score (nSPS) is 12.5. The maximum Gasteiger partial charge on any atom is 0.241 e. The van der Waals surface area contributed by atoms with Crippen molar-refractivity contribution in [1.29, 1.82) is 0 Å². The van der Waals surface area contributed by atoms with E-state index in [1.54, 1.807) is 25.3 Å². The molecule has 0 aliphatic carbocycles. The van der Waals surface area contributed by atoms with Crippen molar-refractivity contribution in [2.75, 3.05) is 13.9 Å². The summed E-state index contributed by atoms with van der Waals surface area (Å²) in [6, 6.07) is 12.6. The summed E-state index contributed by atoms with van der Waals surface area (Å²) < 4.78 is 15.7. The predicted octanol–water partition coefficient (Wildman–Crippen LogP) is 2.84. The summed E-state index contributed by atoms with van der Waals surface area (Å²) in [6.07, 6.45) is 0. The molecule has 1 aliphatic heterocycles. The van der Waals surface area contributed by atoms with E-state index in [9.17, 15) is 9.59 Å². The fourth-order valence-electron chi connectivity index (χ4n) is 2.54. The Labute approximate surface area is 141 Å². The van der Waals surface area contributed by atoms with E-state index in [0.717, 1.165) is 10.6 Å². The molecule has 0 fully saturated rings. The van der Waals surface area contributed by atoms with E-state index in [2.05, 4.69) is 0 Å². The Morgan fingerprint density at radius 1 is 0.958 bits per heavy atom. The molecule has 0 aromatic heterocycles. The highest BCUT2D eigenvalue weighted by Gasteiger charge is 2.25. The molecule has 0 unspecified atom stereocenters. The summed E-state index contributed by atoms with van der Waals surface area (Å²) in [5, 5.41) is 0. The van der Waals surface area contributed by atoms with Gasteiger partial charge in [-0.1, -0.05) is 17.8 Å². The SMILES string of the molecule is COc1ccc(Sc2c(-c3ccc4c(c3)OCO4)c(=O)c2=O)cc1. The van der Waals surface area contributed by atoms with Crippen LogP contribution in [-0.2, 0) is 0 Å². The molecule has 1 aliphatic rings. The quantitative estimate of drug-likeness (QED) is 0.681. The number of rotatable bonds is 4.